The van der Waals surface area contributed by atoms with Crippen LogP contribution < -0.4 is 0 Å². The van der Waals surface area contributed by atoms with Crippen LogP contribution in [-0.4, -0.2) is 14.4 Å². The SMILES string of the molecule is C#CC1=C(C)[C@@H](O[Si](C)(C)C(C)(C)C)C[C@@H](C(=C)C)C1. The summed E-state index contributed by atoms with van der Waals surface area (Å²) in [5.41, 5.74) is 3.59. The molecular weight excluding hydrogens is 260 g/mol. The predicted octanol–water partition coefficient (Wildman–Crippen LogP) is 5.31. The first-order valence-corrected chi connectivity index (χ1v) is 10.4. The number of terminal acetylenes is 1. The molecule has 0 aromatic rings. The molecule has 2 heteroatoms. The van der Waals surface area contributed by atoms with E-state index in [1.54, 1.807) is 0 Å². The van der Waals surface area contributed by atoms with Crippen LogP contribution in [0.5, 0.6) is 0 Å². The summed E-state index contributed by atoms with van der Waals surface area (Å²) in [5.74, 6) is 3.32. The van der Waals surface area contributed by atoms with Crippen LogP contribution in [0.25, 0.3) is 0 Å². The minimum absolute atomic E-state index is 0.164. The molecule has 0 radical (unpaired) electrons. The summed E-state index contributed by atoms with van der Waals surface area (Å²) >= 11 is 0. The van der Waals surface area contributed by atoms with E-state index in [-0.39, 0.29) is 11.1 Å². The number of rotatable bonds is 3. The molecule has 0 fully saturated rings. The molecule has 0 saturated carbocycles. The minimum Gasteiger partial charge on any atom is -0.410 e. The average molecular weight is 291 g/mol. The molecule has 0 aromatic heterocycles. The van der Waals surface area contributed by atoms with Crippen molar-refractivity contribution in [2.24, 2.45) is 5.92 Å². The standard InChI is InChI=1S/C18H30OSi/c1-10-15-11-16(13(2)3)12-17(14(15)4)19-20(8,9)18(5,6)7/h1,16-17H,2,11-12H2,3-9H3/t16-,17-/m0/s1. The zero-order valence-corrected chi connectivity index (χ0v) is 15.3. The molecule has 112 valence electrons. The summed E-state index contributed by atoms with van der Waals surface area (Å²) in [6.07, 6.45) is 7.83. The van der Waals surface area contributed by atoms with E-state index in [0.717, 1.165) is 18.4 Å². The molecule has 0 heterocycles. The lowest BCUT2D eigenvalue weighted by atomic mass is 9.80. The smallest absolute Gasteiger partial charge is 0.192 e. The Morgan fingerprint density at radius 1 is 1.40 bits per heavy atom. The van der Waals surface area contributed by atoms with E-state index in [0.29, 0.717) is 5.92 Å². The van der Waals surface area contributed by atoms with Crippen LogP contribution in [0.15, 0.2) is 23.3 Å². The van der Waals surface area contributed by atoms with Crippen molar-refractivity contribution in [1.82, 2.24) is 0 Å². The second kappa shape index (κ2) is 5.91. The molecule has 20 heavy (non-hydrogen) atoms. The van der Waals surface area contributed by atoms with Gasteiger partial charge in [-0.15, -0.1) is 6.42 Å². The maximum atomic E-state index is 6.61. The van der Waals surface area contributed by atoms with Gasteiger partial charge in [-0.05, 0) is 56.3 Å². The summed E-state index contributed by atoms with van der Waals surface area (Å²) in [6, 6.07) is 0. The first-order valence-electron chi connectivity index (χ1n) is 7.49. The third kappa shape index (κ3) is 3.65. The summed E-state index contributed by atoms with van der Waals surface area (Å²) in [5, 5.41) is 0.222. The van der Waals surface area contributed by atoms with E-state index in [1.165, 1.54) is 11.1 Å². The van der Waals surface area contributed by atoms with E-state index in [9.17, 15) is 0 Å². The molecule has 0 bridgehead atoms. The van der Waals surface area contributed by atoms with Gasteiger partial charge in [-0.25, -0.2) is 0 Å². The third-order valence-electron chi connectivity index (χ3n) is 5.02. The summed E-state index contributed by atoms with van der Waals surface area (Å²) in [4.78, 5) is 0. The second-order valence-electron chi connectivity index (χ2n) is 7.66. The van der Waals surface area contributed by atoms with Crippen LogP contribution in [0.2, 0.25) is 18.1 Å². The van der Waals surface area contributed by atoms with Gasteiger partial charge in [-0.2, -0.15) is 0 Å². The molecule has 0 aliphatic heterocycles. The quantitative estimate of drug-likeness (QED) is 0.389. The topological polar surface area (TPSA) is 9.23 Å². The fraction of sp³-hybridized carbons (Fsp3) is 0.667. The minimum atomic E-state index is -1.77. The van der Waals surface area contributed by atoms with Crippen molar-refractivity contribution < 1.29 is 4.43 Å². The third-order valence-corrected chi connectivity index (χ3v) is 9.51. The monoisotopic (exact) mass is 290 g/mol. The Labute approximate surface area is 126 Å². The van der Waals surface area contributed by atoms with Crippen LogP contribution in [0.1, 0.15) is 47.5 Å². The first kappa shape index (κ1) is 17.3. The van der Waals surface area contributed by atoms with Crippen molar-refractivity contribution in [3.05, 3.63) is 23.3 Å². The van der Waals surface area contributed by atoms with Gasteiger partial charge in [0, 0.05) is 5.57 Å². The highest BCUT2D eigenvalue weighted by Crippen LogP contribution is 2.41. The lowest BCUT2D eigenvalue weighted by Gasteiger charge is -2.42. The highest BCUT2D eigenvalue weighted by atomic mass is 28.4. The Morgan fingerprint density at radius 3 is 2.35 bits per heavy atom. The van der Waals surface area contributed by atoms with Gasteiger partial charge in [0.25, 0.3) is 0 Å². The molecule has 0 aromatic carbocycles. The maximum Gasteiger partial charge on any atom is 0.192 e. The van der Waals surface area contributed by atoms with Gasteiger partial charge in [0.1, 0.15) is 0 Å². The van der Waals surface area contributed by atoms with Crippen LogP contribution in [0, 0.1) is 18.3 Å². The Bertz CT molecular complexity index is 457. The fourth-order valence-electron chi connectivity index (χ4n) is 2.34. The van der Waals surface area contributed by atoms with Crippen molar-refractivity contribution in [2.45, 2.75) is 71.7 Å². The average Bonchev–Trinajstić information content (AvgIpc) is 2.29. The van der Waals surface area contributed by atoms with Crippen LogP contribution in [-0.2, 0) is 4.43 Å². The molecule has 2 atom stereocenters. The zero-order valence-electron chi connectivity index (χ0n) is 14.3. The van der Waals surface area contributed by atoms with Gasteiger partial charge in [-0.3, -0.25) is 0 Å². The lowest BCUT2D eigenvalue weighted by molar-refractivity contribution is 0.178. The molecule has 0 unspecified atom stereocenters. The van der Waals surface area contributed by atoms with E-state index in [1.807, 2.05) is 0 Å². The lowest BCUT2D eigenvalue weighted by Crippen LogP contribution is -2.45. The van der Waals surface area contributed by atoms with E-state index >= 15 is 0 Å². The molecule has 1 aliphatic carbocycles. The van der Waals surface area contributed by atoms with Gasteiger partial charge in [0.2, 0.25) is 0 Å². The predicted molar refractivity (Wildman–Crippen MR) is 91.1 cm³/mol. The van der Waals surface area contributed by atoms with Crippen molar-refractivity contribution in [3.63, 3.8) is 0 Å². The largest absolute Gasteiger partial charge is 0.410 e. The normalized spacial score (nSPS) is 24.5. The zero-order chi connectivity index (χ0) is 15.7. The molecule has 0 saturated heterocycles. The Kier molecular flexibility index (Phi) is 5.11. The molecule has 1 nitrogen and oxygen atoms in total. The Hall–Kier alpha value is -0.783. The van der Waals surface area contributed by atoms with Gasteiger partial charge in [0.15, 0.2) is 8.32 Å². The fourth-order valence-corrected chi connectivity index (χ4v) is 3.68. The highest BCUT2D eigenvalue weighted by molar-refractivity contribution is 6.74. The maximum absolute atomic E-state index is 6.61. The number of hydrogen-bond donors (Lipinski definition) is 0. The summed E-state index contributed by atoms with van der Waals surface area (Å²) in [7, 11) is -1.77. The Morgan fingerprint density at radius 2 is 1.95 bits per heavy atom. The van der Waals surface area contributed by atoms with Crippen LogP contribution in [0.3, 0.4) is 0 Å². The van der Waals surface area contributed by atoms with Crippen molar-refractivity contribution in [2.75, 3.05) is 0 Å². The van der Waals surface area contributed by atoms with Crippen molar-refractivity contribution >= 4 is 8.32 Å². The highest BCUT2D eigenvalue weighted by Gasteiger charge is 2.41. The molecular formula is C18H30OSi. The van der Waals surface area contributed by atoms with E-state index < -0.39 is 8.32 Å². The molecule has 1 aliphatic rings. The van der Waals surface area contributed by atoms with Crippen LogP contribution >= 0.6 is 0 Å². The summed E-state index contributed by atoms with van der Waals surface area (Å²) in [6.45, 7) is 19.8. The number of hydrogen-bond acceptors (Lipinski definition) is 1. The second-order valence-corrected chi connectivity index (χ2v) is 12.4. The van der Waals surface area contributed by atoms with Crippen molar-refractivity contribution in [1.29, 1.82) is 0 Å². The van der Waals surface area contributed by atoms with Gasteiger partial charge in [-0.1, -0.05) is 38.8 Å². The Balaban J connectivity index is 3.04. The van der Waals surface area contributed by atoms with E-state index in [4.69, 9.17) is 10.8 Å². The van der Waals surface area contributed by atoms with E-state index in [2.05, 4.69) is 60.2 Å². The number of allylic oxidation sites excluding steroid dienone is 2. The van der Waals surface area contributed by atoms with Crippen molar-refractivity contribution in [3.8, 4) is 12.3 Å². The van der Waals surface area contributed by atoms with Gasteiger partial charge >= 0.3 is 0 Å². The molecule has 1 rings (SSSR count). The molecule has 0 N–H and O–H groups in total. The van der Waals surface area contributed by atoms with Gasteiger partial charge in [0.05, 0.1) is 6.10 Å². The molecule has 0 amide bonds. The van der Waals surface area contributed by atoms with Gasteiger partial charge < -0.3 is 4.43 Å². The summed E-state index contributed by atoms with van der Waals surface area (Å²) < 4.78 is 6.61. The molecule has 0 spiro atoms. The first-order chi connectivity index (χ1) is 8.99. The van der Waals surface area contributed by atoms with Crippen LogP contribution in [0.4, 0.5) is 0 Å².